The minimum Gasteiger partial charge on any atom is -0.198 e. The standard InChI is InChI=1S/C12H19N/c1-2-3-4-5-6-7-8-9-10-11-12-13/h4-11H2,1H3. The summed E-state index contributed by atoms with van der Waals surface area (Å²) in [6, 6.07) is 2.17. The number of rotatable bonds is 7. The van der Waals surface area contributed by atoms with Gasteiger partial charge < -0.3 is 0 Å². The summed E-state index contributed by atoms with van der Waals surface area (Å²) in [6.07, 6.45) is 9.17. The molecule has 0 spiro atoms. The van der Waals surface area contributed by atoms with E-state index in [4.69, 9.17) is 5.26 Å². The normalized spacial score (nSPS) is 8.62. The van der Waals surface area contributed by atoms with E-state index in [1.165, 1.54) is 32.1 Å². The van der Waals surface area contributed by atoms with Gasteiger partial charge in [0.25, 0.3) is 0 Å². The van der Waals surface area contributed by atoms with Crippen molar-refractivity contribution in [1.29, 1.82) is 5.26 Å². The monoisotopic (exact) mass is 177 g/mol. The minimum absolute atomic E-state index is 0.724. The molecule has 1 heteroatoms. The molecule has 0 saturated carbocycles. The lowest BCUT2D eigenvalue weighted by Gasteiger charge is -1.97. The smallest absolute Gasteiger partial charge is 0.0621 e. The third-order valence-corrected chi connectivity index (χ3v) is 2.02. The van der Waals surface area contributed by atoms with Gasteiger partial charge in [-0.3, -0.25) is 0 Å². The van der Waals surface area contributed by atoms with Gasteiger partial charge in [0, 0.05) is 12.8 Å². The highest BCUT2D eigenvalue weighted by atomic mass is 14.2. The zero-order chi connectivity index (χ0) is 9.78. The van der Waals surface area contributed by atoms with Crippen molar-refractivity contribution < 1.29 is 0 Å². The van der Waals surface area contributed by atoms with Crippen LogP contribution in [-0.4, -0.2) is 0 Å². The van der Waals surface area contributed by atoms with Crippen molar-refractivity contribution in [1.82, 2.24) is 0 Å². The van der Waals surface area contributed by atoms with E-state index >= 15 is 0 Å². The van der Waals surface area contributed by atoms with Crippen LogP contribution in [0.2, 0.25) is 0 Å². The zero-order valence-electron chi connectivity index (χ0n) is 8.60. The average molecular weight is 177 g/mol. The Hall–Kier alpha value is -0.950. The van der Waals surface area contributed by atoms with Gasteiger partial charge in [-0.15, -0.1) is 11.8 Å². The molecule has 0 bridgehead atoms. The second-order valence-corrected chi connectivity index (χ2v) is 3.21. The van der Waals surface area contributed by atoms with Crippen LogP contribution in [0.1, 0.15) is 58.3 Å². The predicted octanol–water partition coefficient (Wildman–Crippen LogP) is 3.65. The molecule has 72 valence electrons. The fraction of sp³-hybridized carbons (Fsp3) is 0.750. The highest BCUT2D eigenvalue weighted by Gasteiger charge is 1.89. The number of nitrogens with zero attached hydrogens (tertiary/aromatic N) is 1. The highest BCUT2D eigenvalue weighted by molar-refractivity contribution is 4.94. The molecular weight excluding hydrogens is 158 g/mol. The molecule has 0 heterocycles. The molecule has 0 N–H and O–H groups in total. The molecule has 0 aromatic heterocycles. The molecule has 0 fully saturated rings. The van der Waals surface area contributed by atoms with E-state index in [9.17, 15) is 0 Å². The van der Waals surface area contributed by atoms with Gasteiger partial charge in [-0.05, 0) is 19.8 Å². The summed E-state index contributed by atoms with van der Waals surface area (Å²) in [5.74, 6) is 5.97. The highest BCUT2D eigenvalue weighted by Crippen LogP contribution is 2.07. The van der Waals surface area contributed by atoms with Crippen LogP contribution in [0.5, 0.6) is 0 Å². The van der Waals surface area contributed by atoms with E-state index in [-0.39, 0.29) is 0 Å². The molecule has 0 radical (unpaired) electrons. The number of hydrogen-bond acceptors (Lipinski definition) is 1. The Morgan fingerprint density at radius 3 is 1.92 bits per heavy atom. The van der Waals surface area contributed by atoms with Crippen molar-refractivity contribution in [2.24, 2.45) is 0 Å². The van der Waals surface area contributed by atoms with Crippen LogP contribution >= 0.6 is 0 Å². The van der Waals surface area contributed by atoms with Crippen LogP contribution in [-0.2, 0) is 0 Å². The molecule has 0 rings (SSSR count). The lowest BCUT2D eigenvalue weighted by molar-refractivity contribution is 0.603. The van der Waals surface area contributed by atoms with Crippen molar-refractivity contribution >= 4 is 0 Å². The molecule has 0 amide bonds. The molecule has 0 aliphatic carbocycles. The molecule has 0 aromatic carbocycles. The van der Waals surface area contributed by atoms with Crippen LogP contribution in [0, 0.1) is 23.2 Å². The summed E-state index contributed by atoms with van der Waals surface area (Å²) < 4.78 is 0. The van der Waals surface area contributed by atoms with Crippen molar-refractivity contribution in [2.45, 2.75) is 58.3 Å². The van der Waals surface area contributed by atoms with Gasteiger partial charge in [-0.25, -0.2) is 0 Å². The van der Waals surface area contributed by atoms with E-state index in [2.05, 4.69) is 17.9 Å². The Balaban J connectivity index is 2.91. The summed E-state index contributed by atoms with van der Waals surface area (Å²) >= 11 is 0. The first-order chi connectivity index (χ1) is 6.41. The molecule has 0 unspecified atom stereocenters. The van der Waals surface area contributed by atoms with Crippen molar-refractivity contribution in [3.05, 3.63) is 0 Å². The summed E-state index contributed by atoms with van der Waals surface area (Å²) in [5, 5.41) is 8.30. The zero-order valence-corrected chi connectivity index (χ0v) is 8.60. The summed E-state index contributed by atoms with van der Waals surface area (Å²) in [6.45, 7) is 1.89. The van der Waals surface area contributed by atoms with Crippen molar-refractivity contribution in [3.63, 3.8) is 0 Å². The lowest BCUT2D eigenvalue weighted by atomic mass is 10.1. The SMILES string of the molecule is CC#CCCCCCCCCC#N. The summed E-state index contributed by atoms with van der Waals surface area (Å²) in [5.41, 5.74) is 0. The van der Waals surface area contributed by atoms with Crippen LogP contribution < -0.4 is 0 Å². The van der Waals surface area contributed by atoms with Crippen molar-refractivity contribution in [3.8, 4) is 17.9 Å². The summed E-state index contributed by atoms with van der Waals surface area (Å²) in [4.78, 5) is 0. The summed E-state index contributed by atoms with van der Waals surface area (Å²) in [7, 11) is 0. The van der Waals surface area contributed by atoms with Gasteiger partial charge in [0.15, 0.2) is 0 Å². The van der Waals surface area contributed by atoms with Gasteiger partial charge >= 0.3 is 0 Å². The Bertz CT molecular complexity index is 189. The second-order valence-electron chi connectivity index (χ2n) is 3.21. The van der Waals surface area contributed by atoms with Crippen LogP contribution in [0.3, 0.4) is 0 Å². The fourth-order valence-electron chi connectivity index (χ4n) is 1.25. The molecule has 0 atom stereocenters. The van der Waals surface area contributed by atoms with Gasteiger partial charge in [0.1, 0.15) is 0 Å². The second kappa shape index (κ2) is 11.1. The predicted molar refractivity (Wildman–Crippen MR) is 56.0 cm³/mol. The number of hydrogen-bond donors (Lipinski definition) is 0. The van der Waals surface area contributed by atoms with Crippen molar-refractivity contribution in [2.75, 3.05) is 0 Å². The Labute approximate surface area is 82.1 Å². The number of nitriles is 1. The van der Waals surface area contributed by atoms with Gasteiger partial charge in [0.2, 0.25) is 0 Å². The van der Waals surface area contributed by atoms with E-state index in [0.717, 1.165) is 19.3 Å². The van der Waals surface area contributed by atoms with E-state index in [1.807, 2.05) is 6.92 Å². The quantitative estimate of drug-likeness (QED) is 0.430. The molecular formula is C12H19N. The van der Waals surface area contributed by atoms with Crippen LogP contribution in [0.15, 0.2) is 0 Å². The van der Waals surface area contributed by atoms with Crippen LogP contribution in [0.25, 0.3) is 0 Å². The Morgan fingerprint density at radius 2 is 1.38 bits per heavy atom. The van der Waals surface area contributed by atoms with E-state index < -0.39 is 0 Å². The van der Waals surface area contributed by atoms with Gasteiger partial charge in [0.05, 0.1) is 6.07 Å². The maximum atomic E-state index is 8.30. The molecule has 0 aromatic rings. The van der Waals surface area contributed by atoms with Gasteiger partial charge in [-0.1, -0.05) is 25.7 Å². The number of unbranched alkanes of at least 4 members (excludes halogenated alkanes) is 7. The third kappa shape index (κ3) is 11.0. The Morgan fingerprint density at radius 1 is 0.846 bits per heavy atom. The average Bonchev–Trinajstić information content (AvgIpc) is 2.16. The fourth-order valence-corrected chi connectivity index (χ4v) is 1.25. The first-order valence-electron chi connectivity index (χ1n) is 5.18. The first kappa shape index (κ1) is 12.0. The first-order valence-corrected chi connectivity index (χ1v) is 5.18. The molecule has 0 aliphatic rings. The van der Waals surface area contributed by atoms with Crippen LogP contribution in [0.4, 0.5) is 0 Å². The Kier molecular flexibility index (Phi) is 10.2. The molecule has 13 heavy (non-hydrogen) atoms. The largest absolute Gasteiger partial charge is 0.198 e. The van der Waals surface area contributed by atoms with E-state index in [0.29, 0.717) is 0 Å². The topological polar surface area (TPSA) is 23.8 Å². The lowest BCUT2D eigenvalue weighted by Crippen LogP contribution is -1.79. The molecule has 0 saturated heterocycles. The minimum atomic E-state index is 0.724. The van der Waals surface area contributed by atoms with E-state index in [1.54, 1.807) is 0 Å². The maximum absolute atomic E-state index is 8.30. The molecule has 0 aliphatic heterocycles. The van der Waals surface area contributed by atoms with Gasteiger partial charge in [-0.2, -0.15) is 5.26 Å². The maximum Gasteiger partial charge on any atom is 0.0621 e. The third-order valence-electron chi connectivity index (χ3n) is 2.02. The molecule has 1 nitrogen and oxygen atoms in total.